The van der Waals surface area contributed by atoms with Crippen molar-refractivity contribution in [3.05, 3.63) is 16.8 Å². The number of rotatable bonds is 7. The van der Waals surface area contributed by atoms with Gasteiger partial charge < -0.3 is 19.2 Å². The first-order valence-electron chi connectivity index (χ1n) is 13.8. The van der Waals surface area contributed by atoms with E-state index in [9.17, 15) is 4.79 Å². The molecule has 0 unspecified atom stereocenters. The van der Waals surface area contributed by atoms with Gasteiger partial charge in [-0.15, -0.1) is 11.3 Å². The average molecular weight is 548 g/mol. The van der Waals surface area contributed by atoms with Crippen molar-refractivity contribution in [3.63, 3.8) is 0 Å². The van der Waals surface area contributed by atoms with Crippen molar-refractivity contribution in [2.45, 2.75) is 128 Å². The van der Waals surface area contributed by atoms with E-state index in [-0.39, 0.29) is 23.3 Å². The summed E-state index contributed by atoms with van der Waals surface area (Å²) in [6.07, 6.45) is 8.16. The van der Waals surface area contributed by atoms with Crippen molar-refractivity contribution >= 4 is 36.0 Å². The zero-order chi connectivity index (χ0) is 27.0. The summed E-state index contributed by atoms with van der Waals surface area (Å²) < 4.78 is 18.5. The molecule has 0 bridgehead atoms. The highest BCUT2D eigenvalue weighted by Crippen LogP contribution is 2.48. The molecule has 2 heterocycles. The number of hydrogen-bond acceptors (Lipinski definition) is 7. The highest BCUT2D eigenvalue weighted by atomic mass is 32.1. The average Bonchev–Trinajstić information content (AvgIpc) is 3.33. The van der Waals surface area contributed by atoms with Gasteiger partial charge in [-0.05, 0) is 95.3 Å². The lowest BCUT2D eigenvalue weighted by Gasteiger charge is -2.36. The Hall–Kier alpha value is -1.71. The van der Waals surface area contributed by atoms with E-state index >= 15 is 0 Å². The van der Waals surface area contributed by atoms with Gasteiger partial charge in [-0.2, -0.15) is 0 Å². The number of aromatic nitrogens is 2. The van der Waals surface area contributed by atoms with Gasteiger partial charge in [0.05, 0.1) is 5.39 Å². The van der Waals surface area contributed by atoms with Gasteiger partial charge in [0.25, 0.3) is 0 Å². The normalized spacial score (nSPS) is 22.6. The molecule has 9 heteroatoms. The third-order valence-electron chi connectivity index (χ3n) is 8.10. The highest BCUT2D eigenvalue weighted by molar-refractivity contribution is 7.19. The summed E-state index contributed by atoms with van der Waals surface area (Å²) in [4.78, 5) is 23.8. The van der Waals surface area contributed by atoms with Crippen molar-refractivity contribution in [3.8, 4) is 5.88 Å². The van der Waals surface area contributed by atoms with Gasteiger partial charge in [-0.25, -0.2) is 14.8 Å². The Labute approximate surface area is 227 Å². The monoisotopic (exact) mass is 547 g/mol. The van der Waals surface area contributed by atoms with E-state index in [4.69, 9.17) is 13.9 Å². The number of alkyl carbamates (subject to hydrolysis) is 1. The number of carbonyl (C=O) groups is 1. The van der Waals surface area contributed by atoms with Crippen molar-refractivity contribution in [1.29, 1.82) is 0 Å². The highest BCUT2D eigenvalue weighted by Gasteiger charge is 2.38. The van der Waals surface area contributed by atoms with Crippen LogP contribution in [-0.4, -0.2) is 48.7 Å². The van der Waals surface area contributed by atoms with Crippen LogP contribution >= 0.6 is 11.3 Å². The molecule has 0 radical (unpaired) electrons. The molecule has 4 rings (SSSR count). The van der Waals surface area contributed by atoms with Gasteiger partial charge in [-0.1, -0.05) is 20.8 Å². The predicted molar refractivity (Wildman–Crippen MR) is 152 cm³/mol. The molecule has 1 atom stereocenters. The molecule has 1 N–H and O–H groups in total. The maximum absolute atomic E-state index is 12.1. The molecule has 1 fully saturated rings. The number of hydrogen-bond donors (Lipinski definition) is 1. The minimum absolute atomic E-state index is 0.0899. The number of nitrogens with one attached hydrogen (secondary N) is 1. The second kappa shape index (κ2) is 10.8. The Kier molecular flexibility index (Phi) is 8.27. The minimum atomic E-state index is -1.76. The number of amides is 1. The fourth-order valence-electron chi connectivity index (χ4n) is 5.05. The van der Waals surface area contributed by atoms with E-state index in [2.05, 4.69) is 49.1 Å². The molecule has 2 aliphatic rings. The van der Waals surface area contributed by atoms with E-state index in [0.29, 0.717) is 5.92 Å². The zero-order valence-corrected chi connectivity index (χ0v) is 25.7. The van der Waals surface area contributed by atoms with Crippen LogP contribution in [0.15, 0.2) is 6.33 Å². The topological polar surface area (TPSA) is 82.6 Å². The van der Waals surface area contributed by atoms with E-state index < -0.39 is 13.9 Å². The number of carbonyl (C=O) groups excluding carboxylic acids is 1. The summed E-state index contributed by atoms with van der Waals surface area (Å²) in [5.74, 6) is 1.19. The molecular formula is C28H45N3O4SSi. The molecule has 7 nitrogen and oxygen atoms in total. The summed E-state index contributed by atoms with van der Waals surface area (Å²) in [6.45, 7) is 18.0. The number of thiophene rings is 1. The molecule has 0 spiro atoms. The fraction of sp³-hybridized carbons (Fsp3) is 0.750. The summed E-state index contributed by atoms with van der Waals surface area (Å²) in [6, 6.07) is 0.121. The lowest BCUT2D eigenvalue weighted by Crippen LogP contribution is -2.42. The van der Waals surface area contributed by atoms with Gasteiger partial charge in [0, 0.05) is 17.5 Å². The molecule has 1 saturated carbocycles. The molecule has 37 heavy (non-hydrogen) atoms. The van der Waals surface area contributed by atoms with E-state index in [0.717, 1.165) is 67.6 Å². The molecule has 0 saturated heterocycles. The number of fused-ring (bicyclic) bond motifs is 3. The maximum atomic E-state index is 12.1. The first kappa shape index (κ1) is 28.3. The number of nitrogens with zero attached hydrogens (tertiary/aromatic N) is 2. The van der Waals surface area contributed by atoms with Gasteiger partial charge in [0.15, 0.2) is 8.32 Å². The van der Waals surface area contributed by atoms with Gasteiger partial charge in [0.2, 0.25) is 5.88 Å². The SMILES string of the molecule is CC(C)(C)OC(=O)NC1CCC(Oc2ncnc3sc4c(c23)[C@@H](CCO[Si](C)(C)C(C)(C)C)CC4)CC1. The standard InChI is InChI=1S/C28H45N3O4SSi/c1-27(2,3)35-26(32)31-19-10-12-20(13-11-19)34-24-23-22-18(15-16-33-37(7,8)28(4,5)6)9-14-21(22)36-25(23)30-17-29-24/h17-20H,9-16H2,1-8H3,(H,31,32)/t18-,19?,20?/m1/s1. The molecule has 2 aromatic rings. The summed E-state index contributed by atoms with van der Waals surface area (Å²) in [5.41, 5.74) is 0.910. The molecular weight excluding hydrogens is 502 g/mol. The maximum Gasteiger partial charge on any atom is 0.407 e. The van der Waals surface area contributed by atoms with Gasteiger partial charge >= 0.3 is 6.09 Å². The van der Waals surface area contributed by atoms with Crippen molar-refractivity contribution < 1.29 is 18.7 Å². The Morgan fingerprint density at radius 1 is 1.08 bits per heavy atom. The Balaban J connectivity index is 1.39. The molecule has 0 aliphatic heterocycles. The van der Waals surface area contributed by atoms with E-state index in [1.54, 1.807) is 17.7 Å². The van der Waals surface area contributed by atoms with Crippen LogP contribution in [0.3, 0.4) is 0 Å². The fourth-order valence-corrected chi connectivity index (χ4v) is 7.34. The van der Waals surface area contributed by atoms with Crippen LogP contribution < -0.4 is 10.1 Å². The minimum Gasteiger partial charge on any atom is -0.474 e. The van der Waals surface area contributed by atoms with Crippen molar-refractivity contribution in [2.75, 3.05) is 6.61 Å². The molecule has 0 aromatic carbocycles. The molecule has 2 aliphatic carbocycles. The van der Waals surface area contributed by atoms with Gasteiger partial charge in [-0.3, -0.25) is 0 Å². The predicted octanol–water partition coefficient (Wildman–Crippen LogP) is 7.35. The quantitative estimate of drug-likeness (QED) is 0.365. The smallest absolute Gasteiger partial charge is 0.407 e. The second-order valence-corrected chi connectivity index (χ2v) is 19.1. The lowest BCUT2D eigenvalue weighted by molar-refractivity contribution is 0.0470. The zero-order valence-electron chi connectivity index (χ0n) is 23.9. The van der Waals surface area contributed by atoms with Crippen molar-refractivity contribution in [1.82, 2.24) is 15.3 Å². The van der Waals surface area contributed by atoms with E-state index in [1.165, 1.54) is 10.4 Å². The largest absolute Gasteiger partial charge is 0.474 e. The van der Waals surface area contributed by atoms with Crippen molar-refractivity contribution in [2.24, 2.45) is 0 Å². The van der Waals surface area contributed by atoms with Crippen LogP contribution in [0.25, 0.3) is 10.2 Å². The Morgan fingerprint density at radius 3 is 2.43 bits per heavy atom. The Morgan fingerprint density at radius 2 is 1.78 bits per heavy atom. The van der Waals surface area contributed by atoms with Crippen LogP contribution in [0.2, 0.25) is 18.1 Å². The molecule has 206 valence electrons. The third kappa shape index (κ3) is 6.84. The first-order valence-corrected chi connectivity index (χ1v) is 17.5. The van der Waals surface area contributed by atoms with Crippen LogP contribution in [0.4, 0.5) is 4.79 Å². The van der Waals surface area contributed by atoms with Gasteiger partial charge in [0.1, 0.15) is 22.9 Å². The molecule has 1 amide bonds. The number of aryl methyl sites for hydroxylation is 1. The second-order valence-electron chi connectivity index (χ2n) is 13.2. The first-order chi connectivity index (χ1) is 17.2. The lowest BCUT2D eigenvalue weighted by atomic mass is 9.93. The van der Waals surface area contributed by atoms with E-state index in [1.807, 2.05) is 20.8 Å². The van der Waals surface area contributed by atoms with Crippen LogP contribution in [-0.2, 0) is 15.6 Å². The summed E-state index contributed by atoms with van der Waals surface area (Å²) in [7, 11) is -1.76. The molecule has 2 aromatic heterocycles. The summed E-state index contributed by atoms with van der Waals surface area (Å²) in [5, 5.41) is 4.35. The van der Waals surface area contributed by atoms with Crippen LogP contribution in [0.1, 0.15) is 96.4 Å². The van der Waals surface area contributed by atoms with Crippen LogP contribution in [0.5, 0.6) is 5.88 Å². The third-order valence-corrected chi connectivity index (χ3v) is 13.8. The summed E-state index contributed by atoms with van der Waals surface area (Å²) >= 11 is 1.80. The number of ether oxygens (including phenoxy) is 2. The Bertz CT molecular complexity index is 1100. The van der Waals surface area contributed by atoms with Crippen LogP contribution in [0, 0.1) is 0 Å².